The zero-order valence-corrected chi connectivity index (χ0v) is 22.9. The van der Waals surface area contributed by atoms with Crippen molar-refractivity contribution >= 4 is 11.9 Å². The van der Waals surface area contributed by atoms with Crippen LogP contribution in [0.4, 0.5) is 0 Å². The van der Waals surface area contributed by atoms with E-state index in [0.29, 0.717) is 23.7 Å². The Morgan fingerprint density at radius 1 is 0.424 bits per heavy atom. The summed E-state index contributed by atoms with van der Waals surface area (Å²) < 4.78 is 0. The fourth-order valence-corrected chi connectivity index (χ4v) is 4.58. The smallest absolute Gasteiger partial charge is 0.321 e. The molecule has 0 aromatic rings. The lowest BCUT2D eigenvalue weighted by atomic mass is 9.78. The van der Waals surface area contributed by atoms with Gasteiger partial charge in [-0.1, -0.05) is 131 Å². The first kappa shape index (κ1) is 31.9. The summed E-state index contributed by atoms with van der Waals surface area (Å²) in [6.07, 6.45) is 18.2. The molecule has 0 unspecified atom stereocenters. The number of hydrogen-bond donors (Lipinski definition) is 2. The van der Waals surface area contributed by atoms with Crippen molar-refractivity contribution in [1.82, 2.24) is 0 Å². The number of aliphatic carboxylic acids is 2. The monoisotopic (exact) mass is 468 g/mol. The van der Waals surface area contributed by atoms with Crippen LogP contribution in [0.25, 0.3) is 0 Å². The van der Waals surface area contributed by atoms with Crippen molar-refractivity contribution in [3.05, 3.63) is 0 Å². The van der Waals surface area contributed by atoms with Crippen molar-refractivity contribution in [1.29, 1.82) is 0 Å². The highest BCUT2D eigenvalue weighted by atomic mass is 16.4. The highest BCUT2D eigenvalue weighted by molar-refractivity contribution is 5.98. The quantitative estimate of drug-likeness (QED) is 0.138. The first-order valence-corrected chi connectivity index (χ1v) is 13.8. The Morgan fingerprint density at radius 3 is 0.848 bits per heavy atom. The molecule has 196 valence electrons. The first-order chi connectivity index (χ1) is 15.3. The van der Waals surface area contributed by atoms with E-state index in [0.717, 1.165) is 38.5 Å². The van der Waals surface area contributed by atoms with E-state index >= 15 is 0 Å². The van der Waals surface area contributed by atoms with E-state index in [-0.39, 0.29) is 12.8 Å². The lowest BCUT2D eigenvalue weighted by Crippen LogP contribution is -2.39. The topological polar surface area (TPSA) is 74.6 Å². The van der Waals surface area contributed by atoms with Gasteiger partial charge in [0.15, 0.2) is 5.41 Å². The summed E-state index contributed by atoms with van der Waals surface area (Å²) in [6, 6.07) is 0. The van der Waals surface area contributed by atoms with Gasteiger partial charge in [-0.25, -0.2) is 0 Å². The van der Waals surface area contributed by atoms with Crippen LogP contribution in [0.1, 0.15) is 157 Å². The molecule has 4 nitrogen and oxygen atoms in total. The Labute approximate surface area is 205 Å². The Kier molecular flexibility index (Phi) is 16.0. The largest absolute Gasteiger partial charge is 0.480 e. The summed E-state index contributed by atoms with van der Waals surface area (Å²) >= 11 is 0. The highest BCUT2D eigenvalue weighted by Crippen LogP contribution is 2.33. The number of unbranched alkanes of at least 4 members (excludes halogenated alkanes) is 12. The van der Waals surface area contributed by atoms with Crippen molar-refractivity contribution in [2.24, 2.45) is 16.2 Å². The lowest BCUT2D eigenvalue weighted by molar-refractivity contribution is -0.166. The van der Waals surface area contributed by atoms with Gasteiger partial charge in [-0.2, -0.15) is 0 Å². The second-order valence-corrected chi connectivity index (χ2v) is 12.8. The fraction of sp³-hybridized carbons (Fsp3) is 0.931. The Balaban J connectivity index is 4.10. The number of carboxylic acid groups (broad SMARTS) is 2. The summed E-state index contributed by atoms with van der Waals surface area (Å²) in [4.78, 5) is 23.8. The van der Waals surface area contributed by atoms with Gasteiger partial charge in [-0.05, 0) is 36.5 Å². The lowest BCUT2D eigenvalue weighted by Gasteiger charge is -2.25. The SMILES string of the molecule is CC(C)(C)CCCCCCCCCC(CCCCCCCCCC(C)(C)C)(C(=O)O)C(=O)O. The third-order valence-corrected chi connectivity index (χ3v) is 6.88. The van der Waals surface area contributed by atoms with E-state index in [2.05, 4.69) is 41.5 Å². The highest BCUT2D eigenvalue weighted by Gasteiger charge is 2.45. The van der Waals surface area contributed by atoms with Crippen molar-refractivity contribution in [2.75, 3.05) is 0 Å². The van der Waals surface area contributed by atoms with Crippen LogP contribution in [0.2, 0.25) is 0 Å². The summed E-state index contributed by atoms with van der Waals surface area (Å²) in [5.74, 6) is -2.31. The number of carboxylic acids is 2. The second-order valence-electron chi connectivity index (χ2n) is 12.8. The van der Waals surface area contributed by atoms with Gasteiger partial charge >= 0.3 is 11.9 Å². The molecule has 0 aromatic carbocycles. The summed E-state index contributed by atoms with van der Waals surface area (Å²) in [6.45, 7) is 13.7. The Hall–Kier alpha value is -1.06. The predicted octanol–water partition coefficient (Wildman–Crippen LogP) is 9.26. The predicted molar refractivity (Wildman–Crippen MR) is 140 cm³/mol. The maximum absolute atomic E-state index is 11.9. The molecule has 0 aliphatic carbocycles. The Bertz CT molecular complexity index is 477. The van der Waals surface area contributed by atoms with Gasteiger partial charge in [0.1, 0.15) is 0 Å². The van der Waals surface area contributed by atoms with Crippen LogP contribution in [0.3, 0.4) is 0 Å². The zero-order chi connectivity index (χ0) is 25.4. The number of hydrogen-bond acceptors (Lipinski definition) is 2. The molecule has 0 bridgehead atoms. The molecule has 4 heteroatoms. The third kappa shape index (κ3) is 17.1. The van der Waals surface area contributed by atoms with E-state index in [1.165, 1.54) is 51.4 Å². The van der Waals surface area contributed by atoms with E-state index in [4.69, 9.17) is 0 Å². The molecule has 0 aliphatic heterocycles. The molecule has 0 rings (SSSR count). The average molecular weight is 469 g/mol. The van der Waals surface area contributed by atoms with Crippen molar-refractivity contribution in [2.45, 2.75) is 157 Å². The third-order valence-electron chi connectivity index (χ3n) is 6.88. The average Bonchev–Trinajstić information content (AvgIpc) is 2.67. The second kappa shape index (κ2) is 16.5. The minimum atomic E-state index is -1.60. The van der Waals surface area contributed by atoms with Crippen LogP contribution < -0.4 is 0 Å². The van der Waals surface area contributed by atoms with Crippen LogP contribution >= 0.6 is 0 Å². The van der Waals surface area contributed by atoms with Gasteiger partial charge in [0.2, 0.25) is 0 Å². The van der Waals surface area contributed by atoms with Crippen LogP contribution in [0.15, 0.2) is 0 Å². The normalized spacial score (nSPS) is 12.8. The van der Waals surface area contributed by atoms with Gasteiger partial charge in [0.05, 0.1) is 0 Å². The minimum absolute atomic E-state index is 0.258. The fourth-order valence-electron chi connectivity index (χ4n) is 4.58. The molecule has 0 spiro atoms. The van der Waals surface area contributed by atoms with Crippen LogP contribution in [-0.4, -0.2) is 22.2 Å². The summed E-state index contributed by atoms with van der Waals surface area (Å²) in [5.41, 5.74) is -0.786. The number of rotatable bonds is 20. The van der Waals surface area contributed by atoms with Gasteiger partial charge in [0.25, 0.3) is 0 Å². The molecule has 0 amide bonds. The maximum atomic E-state index is 11.9. The molecule has 0 aromatic heterocycles. The van der Waals surface area contributed by atoms with Crippen molar-refractivity contribution in [3.8, 4) is 0 Å². The standard InChI is InChI=1S/C29H56O4/c1-27(2,3)21-17-13-9-7-11-15-19-23-29(25(30)31,26(32)33)24-20-16-12-8-10-14-18-22-28(4,5)6/h7-24H2,1-6H3,(H,30,31)(H,32,33). The summed E-state index contributed by atoms with van der Waals surface area (Å²) in [7, 11) is 0. The molecule has 0 heterocycles. The van der Waals surface area contributed by atoms with E-state index in [1.807, 2.05) is 0 Å². The molecule has 0 aliphatic rings. The molecule has 0 atom stereocenters. The van der Waals surface area contributed by atoms with E-state index in [9.17, 15) is 19.8 Å². The molecule has 0 radical (unpaired) electrons. The summed E-state index contributed by atoms with van der Waals surface area (Å²) in [5, 5.41) is 19.5. The molecule has 0 saturated carbocycles. The molecule has 0 fully saturated rings. The zero-order valence-electron chi connectivity index (χ0n) is 22.9. The molecule has 33 heavy (non-hydrogen) atoms. The van der Waals surface area contributed by atoms with Crippen molar-refractivity contribution < 1.29 is 19.8 Å². The van der Waals surface area contributed by atoms with Crippen LogP contribution in [0, 0.1) is 16.2 Å². The molecular formula is C29H56O4. The Morgan fingerprint density at radius 2 is 0.636 bits per heavy atom. The van der Waals surface area contributed by atoms with E-state index < -0.39 is 17.4 Å². The van der Waals surface area contributed by atoms with Crippen molar-refractivity contribution in [3.63, 3.8) is 0 Å². The van der Waals surface area contributed by atoms with E-state index in [1.54, 1.807) is 0 Å². The van der Waals surface area contributed by atoms with Gasteiger partial charge in [-0.3, -0.25) is 9.59 Å². The molecule has 2 N–H and O–H groups in total. The first-order valence-electron chi connectivity index (χ1n) is 13.8. The van der Waals surface area contributed by atoms with Gasteiger partial charge < -0.3 is 10.2 Å². The van der Waals surface area contributed by atoms with Crippen LogP contribution in [0.5, 0.6) is 0 Å². The molecular weight excluding hydrogens is 412 g/mol. The molecule has 0 saturated heterocycles. The van der Waals surface area contributed by atoms with Gasteiger partial charge in [0, 0.05) is 0 Å². The van der Waals surface area contributed by atoms with Gasteiger partial charge in [-0.15, -0.1) is 0 Å². The minimum Gasteiger partial charge on any atom is -0.480 e. The maximum Gasteiger partial charge on any atom is 0.321 e. The number of carbonyl (C=O) groups is 2. The van der Waals surface area contributed by atoms with Crippen LogP contribution in [-0.2, 0) is 9.59 Å².